The van der Waals surface area contributed by atoms with Gasteiger partial charge in [-0.3, -0.25) is 0 Å². The number of thioether (sulfide) groups is 1. The van der Waals surface area contributed by atoms with Gasteiger partial charge in [-0.25, -0.2) is 0 Å². The molecule has 0 heterocycles. The highest BCUT2D eigenvalue weighted by Crippen LogP contribution is 2.39. The van der Waals surface area contributed by atoms with Gasteiger partial charge in [-0.05, 0) is 31.5 Å². The minimum atomic E-state index is -1.01. The fourth-order valence-corrected chi connectivity index (χ4v) is 3.60. The van der Waals surface area contributed by atoms with E-state index in [4.69, 9.17) is 23.2 Å². The summed E-state index contributed by atoms with van der Waals surface area (Å²) in [4.78, 5) is 0.889. The number of halogens is 2. The fourth-order valence-electron chi connectivity index (χ4n) is 1.85. The average molecular weight is 327 g/mol. The molecule has 0 unspecified atom stereocenters. The molecule has 0 radical (unpaired) electrons. The van der Waals surface area contributed by atoms with E-state index < -0.39 is 5.60 Å². The Bertz CT molecular complexity index is 591. The summed E-state index contributed by atoms with van der Waals surface area (Å²) in [6.45, 7) is 3.41. The van der Waals surface area contributed by atoms with Crippen molar-refractivity contribution in [1.29, 1.82) is 0 Å². The maximum Gasteiger partial charge on any atom is 0.0855 e. The largest absolute Gasteiger partial charge is 0.386 e. The zero-order chi connectivity index (χ0) is 14.8. The first-order chi connectivity index (χ1) is 9.38. The summed E-state index contributed by atoms with van der Waals surface area (Å²) in [7, 11) is 0. The minimum absolute atomic E-state index is 0.572. The van der Waals surface area contributed by atoms with Crippen LogP contribution in [0.4, 0.5) is 0 Å². The third-order valence-corrected chi connectivity index (χ3v) is 4.75. The van der Waals surface area contributed by atoms with Crippen LogP contribution in [0.2, 0.25) is 10.0 Å². The lowest BCUT2D eigenvalue weighted by atomic mass is 9.98. The molecule has 0 amide bonds. The summed E-state index contributed by atoms with van der Waals surface area (Å²) in [5.74, 6) is 0.812. The van der Waals surface area contributed by atoms with E-state index in [-0.39, 0.29) is 0 Å². The Labute approximate surface area is 133 Å². The van der Waals surface area contributed by atoms with Gasteiger partial charge in [-0.2, -0.15) is 0 Å². The Morgan fingerprint density at radius 2 is 1.75 bits per heavy atom. The van der Waals surface area contributed by atoms with E-state index >= 15 is 0 Å². The van der Waals surface area contributed by atoms with E-state index in [1.165, 1.54) is 5.56 Å². The quantitative estimate of drug-likeness (QED) is 0.747. The van der Waals surface area contributed by atoms with Crippen LogP contribution in [-0.4, -0.2) is 5.11 Å². The second-order valence-electron chi connectivity index (χ2n) is 5.10. The molecule has 0 aliphatic carbocycles. The number of rotatable bonds is 4. The van der Waals surface area contributed by atoms with Gasteiger partial charge in [-0.1, -0.05) is 53.5 Å². The molecule has 0 bridgehead atoms. The molecule has 0 aromatic heterocycles. The summed E-state index contributed by atoms with van der Waals surface area (Å²) >= 11 is 14.1. The second kappa shape index (κ2) is 6.40. The van der Waals surface area contributed by atoms with Gasteiger partial charge >= 0.3 is 0 Å². The van der Waals surface area contributed by atoms with Gasteiger partial charge in [0.15, 0.2) is 0 Å². The number of hydrogen-bond acceptors (Lipinski definition) is 2. The topological polar surface area (TPSA) is 20.2 Å². The van der Waals surface area contributed by atoms with E-state index in [1.54, 1.807) is 31.7 Å². The van der Waals surface area contributed by atoms with Gasteiger partial charge in [0.25, 0.3) is 0 Å². The monoisotopic (exact) mass is 326 g/mol. The van der Waals surface area contributed by atoms with Crippen molar-refractivity contribution < 1.29 is 5.11 Å². The van der Waals surface area contributed by atoms with Gasteiger partial charge in [0.05, 0.1) is 10.6 Å². The van der Waals surface area contributed by atoms with E-state index in [9.17, 15) is 5.11 Å². The predicted octanol–water partition coefficient (Wildman–Crippen LogP) is 5.51. The molecule has 2 aromatic carbocycles. The Hall–Kier alpha value is -0.670. The van der Waals surface area contributed by atoms with Crippen LogP contribution in [0.15, 0.2) is 47.4 Å². The highest BCUT2D eigenvalue weighted by Gasteiger charge is 2.22. The number of hydrogen-bond donors (Lipinski definition) is 1. The first-order valence-corrected chi connectivity index (χ1v) is 8.00. The molecular formula is C16H16Cl2OS. The average Bonchev–Trinajstić information content (AvgIpc) is 2.39. The Balaban J connectivity index is 2.26. The van der Waals surface area contributed by atoms with Crippen LogP contribution in [0.3, 0.4) is 0 Å². The maximum atomic E-state index is 10.2. The summed E-state index contributed by atoms with van der Waals surface area (Å²) in [6, 6.07) is 13.7. The first-order valence-electron chi connectivity index (χ1n) is 6.26. The molecule has 2 aromatic rings. The zero-order valence-corrected chi connectivity index (χ0v) is 13.7. The third-order valence-electron chi connectivity index (χ3n) is 2.90. The lowest BCUT2D eigenvalue weighted by Gasteiger charge is -2.21. The number of benzene rings is 2. The van der Waals surface area contributed by atoms with Crippen molar-refractivity contribution in [3.05, 3.63) is 63.6 Å². The summed E-state index contributed by atoms with van der Waals surface area (Å²) in [6.07, 6.45) is 0. The molecule has 106 valence electrons. The van der Waals surface area contributed by atoms with Crippen LogP contribution in [-0.2, 0) is 11.4 Å². The molecule has 0 fully saturated rings. The van der Waals surface area contributed by atoms with Crippen LogP contribution in [0.5, 0.6) is 0 Å². The van der Waals surface area contributed by atoms with Gasteiger partial charge < -0.3 is 5.11 Å². The second-order valence-corrected chi connectivity index (χ2v) is 6.93. The van der Waals surface area contributed by atoms with Crippen molar-refractivity contribution >= 4 is 35.0 Å². The van der Waals surface area contributed by atoms with Gasteiger partial charge in [-0.15, -0.1) is 11.8 Å². The molecule has 20 heavy (non-hydrogen) atoms. The van der Waals surface area contributed by atoms with E-state index in [2.05, 4.69) is 12.1 Å². The highest BCUT2D eigenvalue weighted by molar-refractivity contribution is 7.98. The van der Waals surface area contributed by atoms with Crippen LogP contribution < -0.4 is 0 Å². The molecule has 0 aliphatic rings. The smallest absolute Gasteiger partial charge is 0.0855 e. The highest BCUT2D eigenvalue weighted by atomic mass is 35.5. The van der Waals surface area contributed by atoms with Crippen LogP contribution in [0.1, 0.15) is 25.0 Å². The maximum absolute atomic E-state index is 10.2. The van der Waals surface area contributed by atoms with Crippen molar-refractivity contribution in [2.45, 2.75) is 30.1 Å². The van der Waals surface area contributed by atoms with Crippen LogP contribution >= 0.6 is 35.0 Å². The molecule has 0 spiro atoms. The fraction of sp³-hybridized carbons (Fsp3) is 0.250. The summed E-state index contributed by atoms with van der Waals surface area (Å²) in [5.41, 5.74) is 0.866. The molecule has 2 rings (SSSR count). The Morgan fingerprint density at radius 1 is 1.10 bits per heavy atom. The lowest BCUT2D eigenvalue weighted by Crippen LogP contribution is -2.16. The van der Waals surface area contributed by atoms with E-state index in [0.717, 1.165) is 10.6 Å². The predicted molar refractivity (Wildman–Crippen MR) is 87.7 cm³/mol. The summed E-state index contributed by atoms with van der Waals surface area (Å²) in [5, 5.41) is 11.3. The van der Waals surface area contributed by atoms with Gasteiger partial charge in [0, 0.05) is 21.2 Å². The van der Waals surface area contributed by atoms with E-state index in [1.807, 2.05) is 24.3 Å². The molecule has 0 aliphatic heterocycles. The first kappa shape index (κ1) is 15.7. The molecule has 0 saturated carbocycles. The summed E-state index contributed by atoms with van der Waals surface area (Å²) < 4.78 is 0. The SMILES string of the molecule is CC(C)(O)c1cc(Cl)cc(SCc2ccccc2)c1Cl. The normalized spacial score (nSPS) is 11.7. The molecule has 4 heteroatoms. The Kier molecular flexibility index (Phi) is 5.03. The van der Waals surface area contributed by atoms with Crippen molar-refractivity contribution in [2.75, 3.05) is 0 Å². The molecule has 1 nitrogen and oxygen atoms in total. The van der Waals surface area contributed by atoms with Gasteiger partial charge in [0.1, 0.15) is 0 Å². The van der Waals surface area contributed by atoms with Crippen molar-refractivity contribution in [3.8, 4) is 0 Å². The molecule has 1 N–H and O–H groups in total. The zero-order valence-electron chi connectivity index (χ0n) is 11.4. The Morgan fingerprint density at radius 3 is 2.35 bits per heavy atom. The van der Waals surface area contributed by atoms with Crippen molar-refractivity contribution in [3.63, 3.8) is 0 Å². The van der Waals surface area contributed by atoms with Crippen molar-refractivity contribution in [2.24, 2.45) is 0 Å². The minimum Gasteiger partial charge on any atom is -0.386 e. The standard InChI is InChI=1S/C16H16Cl2OS/c1-16(2,19)13-8-12(17)9-14(15(13)18)20-10-11-6-4-3-5-7-11/h3-9,19H,10H2,1-2H3. The van der Waals surface area contributed by atoms with Crippen LogP contribution in [0.25, 0.3) is 0 Å². The van der Waals surface area contributed by atoms with Crippen LogP contribution in [0, 0.1) is 0 Å². The van der Waals surface area contributed by atoms with E-state index in [0.29, 0.717) is 15.6 Å². The third kappa shape index (κ3) is 3.92. The molecule has 0 saturated heterocycles. The lowest BCUT2D eigenvalue weighted by molar-refractivity contribution is 0.0785. The number of aliphatic hydroxyl groups is 1. The van der Waals surface area contributed by atoms with Crippen molar-refractivity contribution in [1.82, 2.24) is 0 Å². The molecule has 0 atom stereocenters. The molecular weight excluding hydrogens is 311 g/mol. The van der Waals surface area contributed by atoms with Gasteiger partial charge in [0.2, 0.25) is 0 Å².